The van der Waals surface area contributed by atoms with E-state index in [2.05, 4.69) is 4.98 Å². The molecule has 1 aliphatic rings. The van der Waals surface area contributed by atoms with Gasteiger partial charge in [-0.25, -0.2) is 19.6 Å². The summed E-state index contributed by atoms with van der Waals surface area (Å²) in [4.78, 5) is 37.1. The van der Waals surface area contributed by atoms with Crippen molar-refractivity contribution in [1.29, 1.82) is 0 Å². The van der Waals surface area contributed by atoms with Crippen LogP contribution in [0.5, 0.6) is 0 Å². The lowest BCUT2D eigenvalue weighted by atomic mass is 10.2. The number of nitrogens with zero attached hydrogens (tertiary/aromatic N) is 5. The predicted molar refractivity (Wildman–Crippen MR) is 162 cm³/mol. The normalized spacial score (nSPS) is 15.3. The molecule has 0 spiro atoms. The van der Waals surface area contributed by atoms with Crippen LogP contribution >= 0.6 is 10.6 Å². The van der Waals surface area contributed by atoms with Crippen LogP contribution in [0.15, 0.2) is 54.6 Å². The third-order valence-electron chi connectivity index (χ3n) is 7.50. The van der Waals surface area contributed by atoms with Gasteiger partial charge in [0.15, 0.2) is 5.82 Å². The number of benzene rings is 2. The van der Waals surface area contributed by atoms with Gasteiger partial charge in [0.25, 0.3) is 0 Å². The number of hydrogen-bond donors (Lipinski definition) is 4. The van der Waals surface area contributed by atoms with Crippen LogP contribution in [0.25, 0.3) is 21.9 Å². The first kappa shape index (κ1) is 29.4. The summed E-state index contributed by atoms with van der Waals surface area (Å²) in [6.45, 7) is 3.40. The monoisotopic (exact) mass is 596 g/mol. The molecule has 2 amide bonds. The predicted octanol–water partition coefficient (Wildman–Crippen LogP) is 5.22. The van der Waals surface area contributed by atoms with Gasteiger partial charge in [-0.1, -0.05) is 48.5 Å². The van der Waals surface area contributed by atoms with Crippen molar-refractivity contribution in [1.82, 2.24) is 24.3 Å². The lowest BCUT2D eigenvalue weighted by molar-refractivity contribution is 0.0944. The summed E-state index contributed by atoms with van der Waals surface area (Å²) in [5, 5.41) is 10.6. The second-order valence-corrected chi connectivity index (χ2v) is 12.7. The summed E-state index contributed by atoms with van der Waals surface area (Å²) in [7, 11) is -2.65. The zero-order valence-corrected chi connectivity index (χ0v) is 24.2. The van der Waals surface area contributed by atoms with E-state index in [0.29, 0.717) is 43.1 Å². The molecule has 0 atom stereocenters. The molecule has 224 valence electrons. The van der Waals surface area contributed by atoms with Crippen LogP contribution in [0.3, 0.4) is 0 Å². The van der Waals surface area contributed by atoms with E-state index in [1.165, 1.54) is 4.90 Å². The van der Waals surface area contributed by atoms with Crippen LogP contribution in [0, 0.1) is 0 Å². The number of carbonyl (C=O) groups is 2. The van der Waals surface area contributed by atoms with Crippen LogP contribution in [-0.4, -0.2) is 81.4 Å². The van der Waals surface area contributed by atoms with Gasteiger partial charge in [0.1, 0.15) is 17.9 Å². The SMILES string of the molecule is CCN(Cc1nc2c(N)nc3ccccc3c2n1CCCCN(C(=O)O)C1CS(O)(O)C1)C(=O)OCc1ccccc1. The molecule has 5 rings (SSSR count). The number of ether oxygens (including phenoxy) is 1. The summed E-state index contributed by atoms with van der Waals surface area (Å²) in [6.07, 6.45) is -0.358. The number of para-hydroxylation sites is 1. The number of amides is 2. The van der Waals surface area contributed by atoms with Gasteiger partial charge in [-0.15, -0.1) is 0 Å². The number of aryl methyl sites for hydroxylation is 1. The Balaban J connectivity index is 1.37. The Morgan fingerprint density at radius 1 is 1.07 bits per heavy atom. The molecule has 2 aromatic heterocycles. The minimum absolute atomic E-state index is 0.0844. The maximum Gasteiger partial charge on any atom is 0.410 e. The average molecular weight is 597 g/mol. The number of fused-ring (bicyclic) bond motifs is 3. The maximum atomic E-state index is 13.0. The van der Waals surface area contributed by atoms with Gasteiger partial charge in [-0.2, -0.15) is 10.6 Å². The van der Waals surface area contributed by atoms with E-state index in [9.17, 15) is 23.8 Å². The summed E-state index contributed by atoms with van der Waals surface area (Å²) in [5.74, 6) is 1.08. The quantitative estimate of drug-likeness (QED) is 0.170. The standard InChI is InChI=1S/C29H36N6O6S/c1-2-33(29(38)41-17-20-10-4-3-5-11-20)16-24-32-25-26(22-12-6-7-13-23(22)31-27(25)30)35(24)15-9-8-14-34(28(36)37)21-18-42(39,40)19-21/h3-7,10-13,21,39-40H,2,8-9,14-19H2,1H3,(H2,30,31)(H,36,37). The highest BCUT2D eigenvalue weighted by atomic mass is 32.3. The Kier molecular flexibility index (Phi) is 8.71. The Labute approximate surface area is 245 Å². The highest BCUT2D eigenvalue weighted by Gasteiger charge is 2.39. The zero-order chi connectivity index (χ0) is 29.9. The molecular formula is C29H36N6O6S. The maximum absolute atomic E-state index is 13.0. The number of rotatable bonds is 11. The smallest absolute Gasteiger partial charge is 0.410 e. The third kappa shape index (κ3) is 6.37. The lowest BCUT2D eigenvalue weighted by Gasteiger charge is -2.50. The fourth-order valence-electron chi connectivity index (χ4n) is 5.29. The molecule has 2 aromatic carbocycles. The van der Waals surface area contributed by atoms with Gasteiger partial charge in [0, 0.05) is 25.0 Å². The van der Waals surface area contributed by atoms with E-state index in [1.807, 2.05) is 66.1 Å². The molecular weight excluding hydrogens is 560 g/mol. The van der Waals surface area contributed by atoms with Crippen molar-refractivity contribution in [3.63, 3.8) is 0 Å². The largest absolute Gasteiger partial charge is 0.465 e. The van der Waals surface area contributed by atoms with Crippen molar-refractivity contribution in [2.75, 3.05) is 30.3 Å². The first-order valence-corrected chi connectivity index (χ1v) is 15.8. The van der Waals surface area contributed by atoms with Crippen molar-refractivity contribution in [2.24, 2.45) is 0 Å². The van der Waals surface area contributed by atoms with Crippen molar-refractivity contribution in [3.8, 4) is 0 Å². The number of nitrogens with two attached hydrogens (primary N) is 1. The van der Waals surface area contributed by atoms with Crippen molar-refractivity contribution in [2.45, 2.75) is 45.5 Å². The molecule has 4 aromatic rings. The second-order valence-electron chi connectivity index (χ2n) is 10.4. The average Bonchev–Trinajstić information content (AvgIpc) is 3.32. The van der Waals surface area contributed by atoms with E-state index >= 15 is 0 Å². The van der Waals surface area contributed by atoms with Crippen LogP contribution in [0.2, 0.25) is 0 Å². The van der Waals surface area contributed by atoms with Crippen molar-refractivity contribution in [3.05, 3.63) is 66.0 Å². The molecule has 0 unspecified atom stereocenters. The van der Waals surface area contributed by atoms with Crippen LogP contribution in [0.1, 0.15) is 31.2 Å². The van der Waals surface area contributed by atoms with E-state index in [-0.39, 0.29) is 37.2 Å². The number of carbonyl (C=O) groups excluding carboxylic acids is 1. The number of hydrogen-bond acceptors (Lipinski definition) is 8. The second kappa shape index (κ2) is 12.4. The molecule has 0 radical (unpaired) electrons. The van der Waals surface area contributed by atoms with Gasteiger partial charge >= 0.3 is 12.2 Å². The zero-order valence-electron chi connectivity index (χ0n) is 23.4. The van der Waals surface area contributed by atoms with Crippen LogP contribution in [0.4, 0.5) is 15.4 Å². The first-order valence-electron chi connectivity index (χ1n) is 13.9. The van der Waals surface area contributed by atoms with Gasteiger partial charge in [0.2, 0.25) is 0 Å². The Morgan fingerprint density at radius 2 is 1.79 bits per heavy atom. The molecule has 5 N–H and O–H groups in total. The number of nitrogen functional groups attached to an aromatic ring is 1. The number of unbranched alkanes of at least 4 members (excludes halogenated alkanes) is 1. The molecule has 1 fully saturated rings. The molecule has 42 heavy (non-hydrogen) atoms. The van der Waals surface area contributed by atoms with Gasteiger partial charge in [-0.3, -0.25) is 9.11 Å². The van der Waals surface area contributed by atoms with Crippen molar-refractivity contribution < 1.29 is 28.5 Å². The lowest BCUT2D eigenvalue weighted by Crippen LogP contribution is -2.53. The highest BCUT2D eigenvalue weighted by Crippen LogP contribution is 2.50. The summed E-state index contributed by atoms with van der Waals surface area (Å²) >= 11 is 0. The Morgan fingerprint density at radius 3 is 2.48 bits per heavy atom. The topological polar surface area (TPSA) is 167 Å². The molecule has 1 aliphatic heterocycles. The number of imidazole rings is 1. The van der Waals surface area contributed by atoms with E-state index in [1.54, 1.807) is 4.90 Å². The minimum atomic E-state index is -2.65. The number of pyridine rings is 1. The molecule has 12 nitrogen and oxygen atoms in total. The number of anilines is 1. The van der Waals surface area contributed by atoms with Crippen molar-refractivity contribution >= 4 is 50.5 Å². The molecule has 3 heterocycles. The van der Waals surface area contributed by atoms with E-state index in [0.717, 1.165) is 22.0 Å². The Bertz CT molecular complexity index is 1570. The molecule has 1 saturated heterocycles. The molecule has 13 heteroatoms. The van der Waals surface area contributed by atoms with Crippen LogP contribution < -0.4 is 5.73 Å². The minimum Gasteiger partial charge on any atom is -0.465 e. The fraction of sp³-hybridized carbons (Fsp3) is 0.379. The van der Waals surface area contributed by atoms with E-state index < -0.39 is 22.8 Å². The fourth-order valence-corrected chi connectivity index (χ4v) is 6.78. The number of aromatic nitrogens is 3. The third-order valence-corrected chi connectivity index (χ3v) is 9.34. The van der Waals surface area contributed by atoms with Gasteiger partial charge in [0.05, 0.1) is 35.1 Å². The number of carboxylic acid groups (broad SMARTS) is 1. The van der Waals surface area contributed by atoms with Gasteiger partial charge in [-0.05, 0) is 31.4 Å². The summed E-state index contributed by atoms with van der Waals surface area (Å²) < 4.78 is 27.1. The Hall–Kier alpha value is -4.07. The summed E-state index contributed by atoms with van der Waals surface area (Å²) in [5.41, 5.74) is 9.32. The van der Waals surface area contributed by atoms with Crippen LogP contribution in [-0.2, 0) is 24.4 Å². The molecule has 0 saturated carbocycles. The highest BCUT2D eigenvalue weighted by molar-refractivity contribution is 8.25. The van der Waals surface area contributed by atoms with Gasteiger partial charge < -0.3 is 29.9 Å². The molecule has 0 aliphatic carbocycles. The first-order chi connectivity index (χ1) is 20.2. The molecule has 0 bridgehead atoms. The summed E-state index contributed by atoms with van der Waals surface area (Å²) in [6, 6.07) is 16.7. The van der Waals surface area contributed by atoms with E-state index in [4.69, 9.17) is 15.5 Å².